The van der Waals surface area contributed by atoms with Crippen molar-refractivity contribution in [1.82, 2.24) is 0 Å². The molecule has 0 amide bonds. The van der Waals surface area contributed by atoms with Gasteiger partial charge in [-0.25, -0.2) is 35.5 Å². The second kappa shape index (κ2) is 6.96. The molecule has 0 heterocycles. The van der Waals surface area contributed by atoms with E-state index in [1.165, 1.54) is 12.1 Å². The maximum absolute atomic E-state index is 12.4. The van der Waals surface area contributed by atoms with Crippen molar-refractivity contribution in [2.24, 2.45) is 10.3 Å². The van der Waals surface area contributed by atoms with Crippen LogP contribution in [0.1, 0.15) is 12.5 Å². The number of benzene rings is 2. The Labute approximate surface area is 152 Å². The van der Waals surface area contributed by atoms with Gasteiger partial charge in [0.1, 0.15) is 0 Å². The molecule has 0 saturated carbocycles. The molecule has 0 aliphatic rings. The Morgan fingerprint density at radius 3 is 1.81 bits per heavy atom. The summed E-state index contributed by atoms with van der Waals surface area (Å²) >= 11 is 0. The van der Waals surface area contributed by atoms with Gasteiger partial charge in [0.15, 0.2) is 0 Å². The Hall–Kier alpha value is -1.99. The maximum Gasteiger partial charge on any atom is 0.261 e. The number of hydrogen-bond donors (Lipinski definition) is 3. The lowest BCUT2D eigenvalue weighted by Crippen LogP contribution is -2.17. The molecule has 0 spiro atoms. The zero-order chi connectivity index (χ0) is 19.8. The van der Waals surface area contributed by atoms with Crippen LogP contribution < -0.4 is 15.0 Å². The SMILES string of the molecule is CCc1ccc(NS(=O)(=O)c2ccc(S(N)(=O)=O)cc2)cc1S(N)(=O)=O. The average Bonchev–Trinajstić information content (AvgIpc) is 2.53. The molecule has 26 heavy (non-hydrogen) atoms. The quantitative estimate of drug-likeness (QED) is 0.610. The van der Waals surface area contributed by atoms with Crippen LogP contribution >= 0.6 is 0 Å². The highest BCUT2D eigenvalue weighted by Gasteiger charge is 2.19. The highest BCUT2D eigenvalue weighted by atomic mass is 32.2. The minimum Gasteiger partial charge on any atom is -0.280 e. The summed E-state index contributed by atoms with van der Waals surface area (Å²) in [5, 5.41) is 10.1. The van der Waals surface area contributed by atoms with Gasteiger partial charge < -0.3 is 0 Å². The molecule has 142 valence electrons. The Balaban J connectivity index is 2.41. The number of nitrogens with one attached hydrogen (secondary N) is 1. The smallest absolute Gasteiger partial charge is 0.261 e. The van der Waals surface area contributed by atoms with Crippen LogP contribution in [0, 0.1) is 0 Å². The van der Waals surface area contributed by atoms with Gasteiger partial charge in [0.05, 0.1) is 20.4 Å². The van der Waals surface area contributed by atoms with Crippen LogP contribution in [0.3, 0.4) is 0 Å². The fourth-order valence-corrected chi connectivity index (χ4v) is 4.63. The zero-order valence-electron chi connectivity index (χ0n) is 13.6. The maximum atomic E-state index is 12.4. The van der Waals surface area contributed by atoms with Gasteiger partial charge in [0, 0.05) is 0 Å². The first-order chi connectivity index (χ1) is 11.8. The molecule has 2 rings (SSSR count). The first-order valence-corrected chi connectivity index (χ1v) is 11.7. The third-order valence-corrected chi connectivity index (χ3v) is 6.79. The number of anilines is 1. The number of sulfonamides is 3. The van der Waals surface area contributed by atoms with Crippen molar-refractivity contribution < 1.29 is 25.3 Å². The van der Waals surface area contributed by atoms with Crippen LogP contribution in [-0.4, -0.2) is 25.3 Å². The standard InChI is InChI=1S/C14H17N3O6S3/c1-2-10-3-4-11(9-14(10)25(16,20)21)17-26(22,23)13-7-5-12(6-8-13)24(15,18)19/h3-9,17H,2H2,1H3,(H2,15,18,19)(H2,16,20,21). The summed E-state index contributed by atoms with van der Waals surface area (Å²) in [7, 11) is -12.1. The number of aryl methyl sites for hydroxylation is 1. The first kappa shape index (κ1) is 20.3. The zero-order valence-corrected chi connectivity index (χ0v) is 16.0. The second-order valence-corrected chi connectivity index (χ2v) is 10.1. The van der Waals surface area contributed by atoms with E-state index in [2.05, 4.69) is 4.72 Å². The lowest BCUT2D eigenvalue weighted by molar-refractivity contribution is 0.595. The van der Waals surface area contributed by atoms with Crippen LogP contribution in [0.4, 0.5) is 5.69 Å². The van der Waals surface area contributed by atoms with Crippen LogP contribution in [0.2, 0.25) is 0 Å². The third-order valence-electron chi connectivity index (χ3n) is 3.47. The monoisotopic (exact) mass is 419 g/mol. The van der Waals surface area contributed by atoms with E-state index < -0.39 is 30.1 Å². The topological polar surface area (TPSA) is 166 Å². The van der Waals surface area contributed by atoms with Gasteiger partial charge in [-0.05, 0) is 48.4 Å². The summed E-state index contributed by atoms with van der Waals surface area (Å²) in [5.41, 5.74) is 0.453. The lowest BCUT2D eigenvalue weighted by atomic mass is 10.1. The fraction of sp³-hybridized carbons (Fsp3) is 0.143. The minimum atomic E-state index is -4.08. The van der Waals surface area contributed by atoms with E-state index in [-0.39, 0.29) is 20.4 Å². The van der Waals surface area contributed by atoms with Crippen molar-refractivity contribution in [3.63, 3.8) is 0 Å². The normalized spacial score (nSPS) is 12.7. The van der Waals surface area contributed by atoms with Crippen molar-refractivity contribution in [3.05, 3.63) is 48.0 Å². The van der Waals surface area contributed by atoms with Gasteiger partial charge in [0.25, 0.3) is 10.0 Å². The number of primary sulfonamides is 2. The molecule has 0 aromatic heterocycles. The molecule has 0 saturated heterocycles. The van der Waals surface area contributed by atoms with Crippen LogP contribution in [0.15, 0.2) is 57.2 Å². The van der Waals surface area contributed by atoms with E-state index in [1.54, 1.807) is 6.92 Å². The molecule has 12 heteroatoms. The van der Waals surface area contributed by atoms with E-state index >= 15 is 0 Å². The fourth-order valence-electron chi connectivity index (χ4n) is 2.20. The molecule has 9 nitrogen and oxygen atoms in total. The average molecular weight is 420 g/mol. The molecule has 5 N–H and O–H groups in total. The van der Waals surface area contributed by atoms with Crippen molar-refractivity contribution >= 4 is 35.8 Å². The molecule has 2 aromatic rings. The van der Waals surface area contributed by atoms with Crippen molar-refractivity contribution in [2.75, 3.05) is 4.72 Å². The Morgan fingerprint density at radius 1 is 0.808 bits per heavy atom. The van der Waals surface area contributed by atoms with Gasteiger partial charge in [-0.2, -0.15) is 0 Å². The third kappa shape index (κ3) is 4.59. The summed E-state index contributed by atoms with van der Waals surface area (Å²) in [5.74, 6) is 0. The minimum absolute atomic E-state index is 0.00162. The van der Waals surface area contributed by atoms with Gasteiger partial charge in [-0.3, -0.25) is 4.72 Å². The largest absolute Gasteiger partial charge is 0.280 e. The van der Waals surface area contributed by atoms with E-state index in [0.717, 1.165) is 30.3 Å². The molecule has 0 bridgehead atoms. The number of rotatable bonds is 6. The van der Waals surface area contributed by atoms with E-state index in [1.807, 2.05) is 0 Å². The lowest BCUT2D eigenvalue weighted by Gasteiger charge is -2.12. The van der Waals surface area contributed by atoms with Gasteiger partial charge in [-0.15, -0.1) is 0 Å². The van der Waals surface area contributed by atoms with Gasteiger partial charge in [-0.1, -0.05) is 13.0 Å². The molecular weight excluding hydrogens is 402 g/mol. The predicted molar refractivity (Wildman–Crippen MR) is 95.8 cm³/mol. The number of hydrogen-bond acceptors (Lipinski definition) is 6. The summed E-state index contributed by atoms with van der Waals surface area (Å²) < 4.78 is 72.8. The molecule has 0 fully saturated rings. The molecular formula is C14H17N3O6S3. The summed E-state index contributed by atoms with van der Waals surface area (Å²) in [4.78, 5) is -0.633. The molecule has 0 atom stereocenters. The van der Waals surface area contributed by atoms with Crippen molar-refractivity contribution in [1.29, 1.82) is 0 Å². The highest BCUT2D eigenvalue weighted by Crippen LogP contribution is 2.23. The van der Waals surface area contributed by atoms with Crippen molar-refractivity contribution in [3.8, 4) is 0 Å². The van der Waals surface area contributed by atoms with Crippen LogP contribution in [0.25, 0.3) is 0 Å². The molecule has 0 radical (unpaired) electrons. The van der Waals surface area contributed by atoms with Gasteiger partial charge in [0.2, 0.25) is 20.0 Å². The molecule has 0 aliphatic heterocycles. The molecule has 2 aromatic carbocycles. The van der Waals surface area contributed by atoms with Crippen molar-refractivity contribution in [2.45, 2.75) is 28.0 Å². The van der Waals surface area contributed by atoms with Gasteiger partial charge >= 0.3 is 0 Å². The Bertz CT molecular complexity index is 1140. The van der Waals surface area contributed by atoms with Crippen LogP contribution in [0.5, 0.6) is 0 Å². The first-order valence-electron chi connectivity index (χ1n) is 7.16. The predicted octanol–water partition coefficient (Wildman–Crippen LogP) is 0.345. The molecule has 0 unspecified atom stereocenters. The Morgan fingerprint density at radius 2 is 1.35 bits per heavy atom. The van der Waals surface area contributed by atoms with E-state index in [4.69, 9.17) is 10.3 Å². The number of nitrogens with two attached hydrogens (primary N) is 2. The summed E-state index contributed by atoms with van der Waals surface area (Å²) in [6.45, 7) is 1.74. The Kier molecular flexibility index (Phi) is 5.44. The van der Waals surface area contributed by atoms with E-state index in [9.17, 15) is 25.3 Å². The molecule has 0 aliphatic carbocycles. The summed E-state index contributed by atoms with van der Waals surface area (Å²) in [6, 6.07) is 8.25. The van der Waals surface area contributed by atoms with E-state index in [0.29, 0.717) is 12.0 Å². The summed E-state index contributed by atoms with van der Waals surface area (Å²) in [6.07, 6.45) is 0.397. The van der Waals surface area contributed by atoms with Crippen LogP contribution in [-0.2, 0) is 36.5 Å². The second-order valence-electron chi connectivity index (χ2n) is 5.34. The highest BCUT2D eigenvalue weighted by molar-refractivity contribution is 7.92.